The number of hydrogen-bond donors (Lipinski definition) is 3. The first-order valence-corrected chi connectivity index (χ1v) is 10.6. The van der Waals surface area contributed by atoms with Crippen LogP contribution in [0.1, 0.15) is 17.0 Å². The van der Waals surface area contributed by atoms with Crippen LogP contribution in [-0.4, -0.2) is 36.2 Å². The molecule has 3 aromatic heterocycles. The molecule has 0 bridgehead atoms. The molecule has 5 aromatic rings. The fraction of sp³-hybridized carbons (Fsp3) is 0.0800. The summed E-state index contributed by atoms with van der Waals surface area (Å²) in [6.45, 7) is 0. The van der Waals surface area contributed by atoms with Gasteiger partial charge in [-0.05, 0) is 24.3 Å². The molecule has 1 atom stereocenters. The third-order valence-electron chi connectivity index (χ3n) is 5.63. The first kappa shape index (κ1) is 23.1. The van der Waals surface area contributed by atoms with Crippen molar-refractivity contribution in [3.05, 3.63) is 103 Å². The molecule has 2 aromatic carbocycles. The highest BCUT2D eigenvalue weighted by Crippen LogP contribution is 2.35. The summed E-state index contributed by atoms with van der Waals surface area (Å²) in [6.07, 6.45) is 2.48. The van der Waals surface area contributed by atoms with E-state index in [1.165, 1.54) is 43.1 Å². The summed E-state index contributed by atoms with van der Waals surface area (Å²) in [6, 6.07) is 13.0. The summed E-state index contributed by atoms with van der Waals surface area (Å²) < 4.78 is 39.9. The molecule has 36 heavy (non-hydrogen) atoms. The Balaban J connectivity index is 1.53. The molecular formula is C25H17F3N6O2. The van der Waals surface area contributed by atoms with Crippen LogP contribution in [0.2, 0.25) is 0 Å². The maximum atomic E-state index is 13.4. The number of alkyl halides is 3. The second-order valence-corrected chi connectivity index (χ2v) is 7.92. The van der Waals surface area contributed by atoms with Crippen molar-refractivity contribution in [2.45, 2.75) is 11.8 Å². The van der Waals surface area contributed by atoms with E-state index in [1.807, 2.05) is 0 Å². The number of nitrogens with one attached hydrogen (secondary N) is 2. The number of imidazole rings is 1. The third kappa shape index (κ3) is 4.16. The molecule has 0 saturated heterocycles. The summed E-state index contributed by atoms with van der Waals surface area (Å²) in [4.78, 5) is 24.3. The molecule has 180 valence electrons. The standard InChI is InChI=1S/C25H17F3N6O2/c26-25(27,28)17-6-7-21-19(11-17)20(14-32-34-21)15-10-18(13-29-12-15)33-23(35)24(36,22-30-8-9-31-22)16-4-2-1-3-5-16/h1-14,36H,(H,30,31)(H,33,35)/t24-/m1/s1. The van der Waals surface area contributed by atoms with Gasteiger partial charge in [0.15, 0.2) is 5.82 Å². The van der Waals surface area contributed by atoms with Crippen LogP contribution >= 0.6 is 0 Å². The molecule has 0 aliphatic heterocycles. The Morgan fingerprint density at radius 3 is 2.50 bits per heavy atom. The first-order chi connectivity index (χ1) is 17.3. The molecule has 0 radical (unpaired) electrons. The Morgan fingerprint density at radius 2 is 1.78 bits per heavy atom. The van der Waals surface area contributed by atoms with E-state index in [0.29, 0.717) is 11.1 Å². The number of carbonyl (C=O) groups is 1. The number of aromatic amines is 1. The fourth-order valence-corrected chi connectivity index (χ4v) is 3.86. The number of amides is 1. The molecule has 3 N–H and O–H groups in total. The van der Waals surface area contributed by atoms with Crippen molar-refractivity contribution in [1.29, 1.82) is 0 Å². The lowest BCUT2D eigenvalue weighted by Gasteiger charge is -2.25. The molecule has 0 saturated carbocycles. The molecule has 11 heteroatoms. The van der Waals surface area contributed by atoms with Crippen molar-refractivity contribution < 1.29 is 23.1 Å². The maximum Gasteiger partial charge on any atom is 0.416 e. The number of aromatic nitrogens is 5. The van der Waals surface area contributed by atoms with Crippen LogP contribution in [0.5, 0.6) is 0 Å². The Morgan fingerprint density at radius 1 is 0.972 bits per heavy atom. The molecule has 0 fully saturated rings. The topological polar surface area (TPSA) is 117 Å². The van der Waals surface area contributed by atoms with Gasteiger partial charge in [-0.25, -0.2) is 4.98 Å². The highest BCUT2D eigenvalue weighted by atomic mass is 19.4. The third-order valence-corrected chi connectivity index (χ3v) is 5.63. The van der Waals surface area contributed by atoms with Crippen LogP contribution in [0.25, 0.3) is 22.0 Å². The van der Waals surface area contributed by atoms with Gasteiger partial charge in [-0.3, -0.25) is 9.78 Å². The van der Waals surface area contributed by atoms with Crippen molar-refractivity contribution in [3.63, 3.8) is 0 Å². The number of pyridine rings is 1. The predicted molar refractivity (Wildman–Crippen MR) is 124 cm³/mol. The number of benzene rings is 2. The summed E-state index contributed by atoms with van der Waals surface area (Å²) in [5.74, 6) is -0.793. The first-order valence-electron chi connectivity index (χ1n) is 10.6. The van der Waals surface area contributed by atoms with Gasteiger partial charge < -0.3 is 15.4 Å². The van der Waals surface area contributed by atoms with Crippen LogP contribution in [0.3, 0.4) is 0 Å². The molecule has 1 amide bonds. The van der Waals surface area contributed by atoms with Crippen molar-refractivity contribution in [1.82, 2.24) is 25.1 Å². The number of carbonyl (C=O) groups excluding carboxylic acids is 1. The highest BCUT2D eigenvalue weighted by Gasteiger charge is 2.42. The van der Waals surface area contributed by atoms with Gasteiger partial charge in [0.2, 0.25) is 5.60 Å². The van der Waals surface area contributed by atoms with Gasteiger partial charge in [-0.1, -0.05) is 30.3 Å². The van der Waals surface area contributed by atoms with E-state index in [0.717, 1.165) is 12.1 Å². The molecular weight excluding hydrogens is 473 g/mol. The van der Waals surface area contributed by atoms with E-state index in [-0.39, 0.29) is 28.0 Å². The van der Waals surface area contributed by atoms with Gasteiger partial charge in [-0.2, -0.15) is 23.4 Å². The fourth-order valence-electron chi connectivity index (χ4n) is 3.86. The van der Waals surface area contributed by atoms with Gasteiger partial charge in [0.05, 0.1) is 29.2 Å². The van der Waals surface area contributed by atoms with Crippen molar-refractivity contribution in [2.75, 3.05) is 5.32 Å². The number of aliphatic hydroxyl groups is 1. The molecule has 0 spiro atoms. The quantitative estimate of drug-likeness (QED) is 0.338. The number of fused-ring (bicyclic) bond motifs is 1. The number of H-pyrrole nitrogens is 1. The summed E-state index contributed by atoms with van der Waals surface area (Å²) in [7, 11) is 0. The van der Waals surface area contributed by atoms with Gasteiger partial charge in [0.1, 0.15) is 0 Å². The molecule has 8 nitrogen and oxygen atoms in total. The van der Waals surface area contributed by atoms with E-state index in [9.17, 15) is 23.1 Å². The molecule has 0 aliphatic carbocycles. The monoisotopic (exact) mass is 490 g/mol. The average Bonchev–Trinajstić information content (AvgIpc) is 3.43. The number of anilines is 1. The number of rotatable bonds is 5. The van der Waals surface area contributed by atoms with Crippen LogP contribution in [0.4, 0.5) is 18.9 Å². The van der Waals surface area contributed by atoms with Gasteiger partial charge >= 0.3 is 6.18 Å². The summed E-state index contributed by atoms with van der Waals surface area (Å²) >= 11 is 0. The smallest absolute Gasteiger partial charge is 0.369 e. The Labute approximate surface area is 201 Å². The van der Waals surface area contributed by atoms with Crippen LogP contribution in [0, 0.1) is 0 Å². The minimum Gasteiger partial charge on any atom is -0.369 e. The molecule has 0 aliphatic rings. The summed E-state index contributed by atoms with van der Waals surface area (Å²) in [5, 5.41) is 22.1. The van der Waals surface area contributed by atoms with E-state index in [2.05, 4.69) is 30.5 Å². The number of nitrogens with zero attached hydrogens (tertiary/aromatic N) is 4. The number of hydrogen-bond acceptors (Lipinski definition) is 6. The van der Waals surface area contributed by atoms with Crippen LogP contribution in [-0.2, 0) is 16.6 Å². The lowest BCUT2D eigenvalue weighted by Crippen LogP contribution is -2.42. The number of halogens is 3. The Hall–Kier alpha value is -4.64. The van der Waals surface area contributed by atoms with E-state index in [4.69, 9.17) is 0 Å². The largest absolute Gasteiger partial charge is 0.416 e. The molecule has 5 rings (SSSR count). The Kier molecular flexibility index (Phi) is 5.69. The highest BCUT2D eigenvalue weighted by molar-refractivity contribution is 6.00. The second kappa shape index (κ2) is 8.86. The molecule has 0 unspecified atom stereocenters. The van der Waals surface area contributed by atoms with Crippen molar-refractivity contribution >= 4 is 22.5 Å². The zero-order valence-corrected chi connectivity index (χ0v) is 18.4. The zero-order valence-electron chi connectivity index (χ0n) is 18.4. The summed E-state index contributed by atoms with van der Waals surface area (Å²) in [5.41, 5.74) is -1.47. The van der Waals surface area contributed by atoms with Gasteiger partial charge in [0.25, 0.3) is 5.91 Å². The van der Waals surface area contributed by atoms with Gasteiger partial charge in [-0.15, -0.1) is 0 Å². The van der Waals surface area contributed by atoms with Crippen LogP contribution in [0.15, 0.2) is 85.6 Å². The zero-order chi connectivity index (χ0) is 25.3. The van der Waals surface area contributed by atoms with Crippen molar-refractivity contribution in [3.8, 4) is 11.1 Å². The van der Waals surface area contributed by atoms with Crippen molar-refractivity contribution in [2.24, 2.45) is 0 Å². The van der Waals surface area contributed by atoms with Gasteiger partial charge in [0, 0.05) is 40.7 Å². The lowest BCUT2D eigenvalue weighted by molar-refractivity contribution is -0.137. The normalized spacial score (nSPS) is 13.3. The SMILES string of the molecule is O=C(Nc1cncc(-c2cnnc3ccc(C(F)(F)F)cc23)c1)[C@@](O)(c1ccccc1)c1ncc[nH]1. The maximum absolute atomic E-state index is 13.4. The van der Waals surface area contributed by atoms with E-state index in [1.54, 1.807) is 30.3 Å². The van der Waals surface area contributed by atoms with E-state index < -0.39 is 23.2 Å². The lowest BCUT2D eigenvalue weighted by atomic mass is 9.91. The Bertz CT molecular complexity index is 1540. The van der Waals surface area contributed by atoms with Crippen LogP contribution < -0.4 is 5.32 Å². The average molecular weight is 490 g/mol. The minimum absolute atomic E-state index is 0.0133. The predicted octanol–water partition coefficient (Wildman–Crippen LogP) is 4.31. The minimum atomic E-state index is -4.53. The second-order valence-electron chi connectivity index (χ2n) is 7.92. The molecule has 3 heterocycles. The van der Waals surface area contributed by atoms with E-state index >= 15 is 0 Å².